The lowest BCUT2D eigenvalue weighted by atomic mass is 10.2. The number of primary amides is 2. The summed E-state index contributed by atoms with van der Waals surface area (Å²) < 4.78 is 11.3. The van der Waals surface area contributed by atoms with Crippen LogP contribution >= 0.6 is 0 Å². The van der Waals surface area contributed by atoms with Gasteiger partial charge in [0.1, 0.15) is 23.0 Å². The van der Waals surface area contributed by atoms with Gasteiger partial charge in [-0.1, -0.05) is 24.3 Å². The molecule has 0 radical (unpaired) electrons. The zero-order chi connectivity index (χ0) is 24.1. The first-order valence-corrected chi connectivity index (χ1v) is 10.8. The minimum absolute atomic E-state index is 0.0728. The van der Waals surface area contributed by atoms with Crippen LogP contribution in [0, 0.1) is 0 Å². The van der Waals surface area contributed by atoms with Crippen molar-refractivity contribution in [3.8, 4) is 22.9 Å². The van der Waals surface area contributed by atoms with E-state index in [0.29, 0.717) is 41.9 Å². The fourth-order valence-electron chi connectivity index (χ4n) is 3.53. The average Bonchev–Trinajstić information content (AvgIpc) is 2.85. The van der Waals surface area contributed by atoms with Crippen LogP contribution in [0.3, 0.4) is 0 Å². The van der Waals surface area contributed by atoms with Crippen LogP contribution in [-0.4, -0.2) is 47.6 Å². The molecular weight excluding hydrogens is 434 g/mol. The van der Waals surface area contributed by atoms with Crippen LogP contribution in [0.5, 0.6) is 11.5 Å². The minimum atomic E-state index is -0.757. The molecule has 1 fully saturated rings. The van der Waals surface area contributed by atoms with Gasteiger partial charge in [-0.05, 0) is 48.9 Å². The van der Waals surface area contributed by atoms with Crippen LogP contribution in [0.1, 0.15) is 23.0 Å². The number of hydrogen-bond donors (Lipinski definition) is 2. The van der Waals surface area contributed by atoms with E-state index in [2.05, 4.69) is 9.97 Å². The van der Waals surface area contributed by atoms with Crippen molar-refractivity contribution in [2.45, 2.75) is 13.0 Å². The molecule has 174 valence electrons. The number of carbonyl (C=O) groups excluding carboxylic acids is 2. The number of hydrogen-bond acceptors (Lipinski definition) is 7. The number of rotatable bonds is 7. The van der Waals surface area contributed by atoms with Crippen molar-refractivity contribution in [3.05, 3.63) is 71.9 Å². The highest BCUT2D eigenvalue weighted by molar-refractivity contribution is 5.92. The zero-order valence-electron chi connectivity index (χ0n) is 18.7. The maximum Gasteiger partial charge on any atom is 0.267 e. The Labute approximate surface area is 197 Å². The summed E-state index contributed by atoms with van der Waals surface area (Å²) >= 11 is 0. The van der Waals surface area contributed by atoms with Crippen molar-refractivity contribution in [1.82, 2.24) is 9.97 Å². The number of benzene rings is 2. The van der Waals surface area contributed by atoms with Gasteiger partial charge in [-0.3, -0.25) is 9.59 Å². The summed E-state index contributed by atoms with van der Waals surface area (Å²) in [4.78, 5) is 34.2. The van der Waals surface area contributed by atoms with E-state index in [9.17, 15) is 9.59 Å². The van der Waals surface area contributed by atoms with Gasteiger partial charge >= 0.3 is 0 Å². The number of nitrogens with zero attached hydrogens (tertiary/aromatic N) is 3. The average molecular weight is 460 g/mol. The fourth-order valence-corrected chi connectivity index (χ4v) is 3.53. The molecule has 4 rings (SSSR count). The minimum Gasteiger partial charge on any atom is -0.457 e. The first-order chi connectivity index (χ1) is 16.4. The molecule has 0 bridgehead atoms. The van der Waals surface area contributed by atoms with Crippen molar-refractivity contribution in [3.63, 3.8) is 0 Å². The standard InChI is InChI=1S/C25H25N5O4/c1-2-3-16-4-8-18(9-5-16)34-19-10-6-17(7-11-19)25-28-20(23(26)31)14-22(29-25)30-12-13-33-21(15-30)24(27)32/h2-11,14,21H,12-13,15H2,1H3,(H2,26,31)(H2,27,32). The molecule has 4 N–H and O–H groups in total. The van der Waals surface area contributed by atoms with Crippen molar-refractivity contribution >= 4 is 23.7 Å². The second-order valence-corrected chi connectivity index (χ2v) is 7.70. The molecule has 1 unspecified atom stereocenters. The third-order valence-electron chi connectivity index (χ3n) is 5.26. The Balaban J connectivity index is 1.57. The number of allylic oxidation sites excluding steroid dienone is 1. The third-order valence-corrected chi connectivity index (χ3v) is 5.26. The molecule has 34 heavy (non-hydrogen) atoms. The maximum atomic E-state index is 11.9. The topological polar surface area (TPSA) is 134 Å². The van der Waals surface area contributed by atoms with E-state index in [1.807, 2.05) is 48.2 Å². The number of morpholine rings is 1. The van der Waals surface area contributed by atoms with Crippen molar-refractivity contribution in [1.29, 1.82) is 0 Å². The van der Waals surface area contributed by atoms with Gasteiger partial charge in [-0.2, -0.15) is 0 Å². The Morgan fingerprint density at radius 1 is 1.06 bits per heavy atom. The number of anilines is 1. The molecule has 1 saturated heterocycles. The number of aromatic nitrogens is 2. The van der Waals surface area contributed by atoms with Crippen molar-refractivity contribution < 1.29 is 19.1 Å². The highest BCUT2D eigenvalue weighted by Gasteiger charge is 2.26. The number of carbonyl (C=O) groups is 2. The quantitative estimate of drug-likeness (QED) is 0.555. The van der Waals surface area contributed by atoms with Gasteiger partial charge in [0.25, 0.3) is 5.91 Å². The number of nitrogens with two attached hydrogens (primary N) is 2. The van der Waals surface area contributed by atoms with Crippen molar-refractivity contribution in [2.24, 2.45) is 11.5 Å². The van der Waals surface area contributed by atoms with Crippen LogP contribution in [0.4, 0.5) is 5.82 Å². The number of ether oxygens (including phenoxy) is 2. The summed E-state index contributed by atoms with van der Waals surface area (Å²) in [6, 6.07) is 16.5. The lowest BCUT2D eigenvalue weighted by molar-refractivity contribution is -0.130. The lowest BCUT2D eigenvalue weighted by Crippen LogP contribution is -2.48. The molecule has 0 aliphatic carbocycles. The summed E-state index contributed by atoms with van der Waals surface area (Å²) in [6.07, 6.45) is 3.23. The molecule has 1 atom stereocenters. The molecule has 2 heterocycles. The molecule has 3 aromatic rings. The van der Waals surface area contributed by atoms with Gasteiger partial charge in [0, 0.05) is 18.2 Å². The molecule has 9 nitrogen and oxygen atoms in total. The second-order valence-electron chi connectivity index (χ2n) is 7.70. The van der Waals surface area contributed by atoms with E-state index in [1.54, 1.807) is 24.3 Å². The van der Waals surface area contributed by atoms with E-state index >= 15 is 0 Å². The first-order valence-electron chi connectivity index (χ1n) is 10.8. The number of amides is 2. The highest BCUT2D eigenvalue weighted by atomic mass is 16.5. The molecule has 1 aliphatic rings. The SMILES string of the molecule is CC=Cc1ccc(Oc2ccc(-c3nc(C(N)=O)cc(N4CCOC(C(N)=O)C4)n3)cc2)cc1. The lowest BCUT2D eigenvalue weighted by Gasteiger charge is -2.32. The van der Waals surface area contributed by atoms with Crippen LogP contribution in [0.25, 0.3) is 17.5 Å². The summed E-state index contributed by atoms with van der Waals surface area (Å²) in [7, 11) is 0. The van der Waals surface area contributed by atoms with Gasteiger partial charge in [-0.15, -0.1) is 0 Å². The molecular formula is C25H25N5O4. The zero-order valence-corrected chi connectivity index (χ0v) is 18.7. The smallest absolute Gasteiger partial charge is 0.267 e. The predicted octanol–water partition coefficient (Wildman–Crippen LogP) is 2.76. The second kappa shape index (κ2) is 10.1. The van der Waals surface area contributed by atoms with Crippen LogP contribution in [0.2, 0.25) is 0 Å². The fraction of sp³-hybridized carbons (Fsp3) is 0.200. The maximum absolute atomic E-state index is 11.9. The van der Waals surface area contributed by atoms with E-state index in [-0.39, 0.29) is 12.2 Å². The Bertz CT molecular complexity index is 1210. The summed E-state index contributed by atoms with van der Waals surface area (Å²) in [6.45, 7) is 2.98. The summed E-state index contributed by atoms with van der Waals surface area (Å²) in [5, 5.41) is 0. The Morgan fingerprint density at radius 3 is 2.35 bits per heavy atom. The van der Waals surface area contributed by atoms with E-state index in [4.69, 9.17) is 20.9 Å². The molecule has 0 spiro atoms. The normalized spacial score (nSPS) is 15.9. The van der Waals surface area contributed by atoms with Gasteiger partial charge in [0.05, 0.1) is 13.2 Å². The molecule has 0 saturated carbocycles. The van der Waals surface area contributed by atoms with E-state index in [0.717, 1.165) is 5.56 Å². The largest absolute Gasteiger partial charge is 0.457 e. The van der Waals surface area contributed by atoms with Crippen LogP contribution in [-0.2, 0) is 9.53 Å². The molecule has 2 aromatic carbocycles. The van der Waals surface area contributed by atoms with Gasteiger partial charge in [0.15, 0.2) is 11.9 Å². The summed E-state index contributed by atoms with van der Waals surface area (Å²) in [5.41, 5.74) is 12.7. The monoisotopic (exact) mass is 459 g/mol. The Kier molecular flexibility index (Phi) is 6.84. The van der Waals surface area contributed by atoms with Crippen molar-refractivity contribution in [2.75, 3.05) is 24.6 Å². The van der Waals surface area contributed by atoms with Gasteiger partial charge in [-0.25, -0.2) is 9.97 Å². The highest BCUT2D eigenvalue weighted by Crippen LogP contribution is 2.27. The predicted molar refractivity (Wildman–Crippen MR) is 128 cm³/mol. The first kappa shape index (κ1) is 22.9. The van der Waals surface area contributed by atoms with Crippen LogP contribution in [0.15, 0.2) is 60.7 Å². The van der Waals surface area contributed by atoms with Crippen LogP contribution < -0.4 is 21.1 Å². The van der Waals surface area contributed by atoms with Gasteiger partial charge in [0.2, 0.25) is 5.91 Å². The van der Waals surface area contributed by atoms with Gasteiger partial charge < -0.3 is 25.8 Å². The third kappa shape index (κ3) is 5.38. The molecule has 1 aliphatic heterocycles. The Hall–Kier alpha value is -4.24. The van der Waals surface area contributed by atoms with E-state index in [1.165, 1.54) is 6.07 Å². The molecule has 2 amide bonds. The Morgan fingerprint density at radius 2 is 1.74 bits per heavy atom. The molecule has 1 aromatic heterocycles. The summed E-state index contributed by atoms with van der Waals surface area (Å²) in [5.74, 6) is 0.926. The van der Waals surface area contributed by atoms with E-state index < -0.39 is 17.9 Å². The molecule has 9 heteroatoms.